The Morgan fingerprint density at radius 2 is 2.07 bits per heavy atom. The molecule has 1 unspecified atom stereocenters. The highest BCUT2D eigenvalue weighted by Crippen LogP contribution is 2.42. The summed E-state index contributed by atoms with van der Waals surface area (Å²) in [5.41, 5.74) is 6.77. The summed E-state index contributed by atoms with van der Waals surface area (Å²) in [7, 11) is -2.70. The number of nitrogens with two attached hydrogens (primary N) is 1. The summed E-state index contributed by atoms with van der Waals surface area (Å²) >= 11 is 0. The van der Waals surface area contributed by atoms with Crippen molar-refractivity contribution >= 4 is 25.4 Å². The lowest BCUT2D eigenvalue weighted by atomic mass is 10.0. The molecule has 2 aromatic heterocycles. The second kappa shape index (κ2) is 9.82. The molecule has 1 aliphatic heterocycles. The molecular weight excluding hydrogens is 401 g/mol. The number of rotatable bonds is 10. The summed E-state index contributed by atoms with van der Waals surface area (Å²) in [6.45, 7) is 6.31. The van der Waals surface area contributed by atoms with Crippen LogP contribution in [0.15, 0.2) is 6.33 Å². The van der Waals surface area contributed by atoms with Gasteiger partial charge < -0.3 is 29.4 Å². The molecule has 1 aliphatic rings. The second-order valence-corrected chi connectivity index (χ2v) is 7.87. The third kappa shape index (κ3) is 4.70. The van der Waals surface area contributed by atoms with Gasteiger partial charge in [-0.3, -0.25) is 9.13 Å². The lowest BCUT2D eigenvalue weighted by molar-refractivity contribution is -0.0421. The number of ether oxygens (including phenoxy) is 2. The van der Waals surface area contributed by atoms with E-state index in [0.29, 0.717) is 30.3 Å². The number of aliphatic hydroxyl groups is 1. The van der Waals surface area contributed by atoms with Gasteiger partial charge in [0, 0.05) is 5.92 Å². The molecule has 0 bridgehead atoms. The van der Waals surface area contributed by atoms with Gasteiger partial charge in [-0.25, -0.2) is 4.98 Å². The molecule has 0 aromatic carbocycles. The van der Waals surface area contributed by atoms with Crippen molar-refractivity contribution in [2.24, 2.45) is 5.92 Å². The first-order valence-corrected chi connectivity index (χ1v) is 10.9. The number of aromatic nitrogens is 4. The normalized spacial score (nSPS) is 25.5. The molecule has 0 saturated carbocycles. The molecule has 2 aromatic rings. The molecule has 3 N–H and O–H groups in total. The van der Waals surface area contributed by atoms with Crippen LogP contribution in [0.1, 0.15) is 39.8 Å². The van der Waals surface area contributed by atoms with Crippen molar-refractivity contribution in [3.8, 4) is 5.88 Å². The van der Waals surface area contributed by atoms with Crippen LogP contribution in [0.2, 0.25) is 0 Å². The minimum absolute atomic E-state index is 0.0560. The Hall–Kier alpha value is -1.78. The summed E-state index contributed by atoms with van der Waals surface area (Å²) in [5, 5.41) is 9.73. The van der Waals surface area contributed by atoms with Crippen LogP contribution in [0, 0.1) is 5.92 Å². The Labute approximate surface area is 169 Å². The summed E-state index contributed by atoms with van der Waals surface area (Å²) in [6, 6.07) is 0. The monoisotopic (exact) mass is 429 g/mol. The van der Waals surface area contributed by atoms with E-state index in [2.05, 4.69) is 15.0 Å². The van der Waals surface area contributed by atoms with E-state index in [0.717, 1.165) is 12.8 Å². The third-order valence-electron chi connectivity index (χ3n) is 4.61. The van der Waals surface area contributed by atoms with E-state index in [-0.39, 0.29) is 18.5 Å². The number of aliphatic hydroxyl groups excluding tert-OH is 1. The molecular formula is C17H28N5O6P. The topological polar surface area (TPSA) is 144 Å². The van der Waals surface area contributed by atoms with Gasteiger partial charge >= 0.3 is 8.25 Å². The lowest BCUT2D eigenvalue weighted by Gasteiger charge is -2.20. The Bertz CT molecular complexity index is 849. The fourth-order valence-corrected chi connectivity index (χ4v) is 4.28. The zero-order valence-electron chi connectivity index (χ0n) is 16.8. The maximum atomic E-state index is 12.1. The van der Waals surface area contributed by atoms with Gasteiger partial charge in [-0.1, -0.05) is 20.8 Å². The number of nitrogens with zero attached hydrogens (tertiary/aromatic N) is 4. The molecule has 1 saturated heterocycles. The zero-order valence-corrected chi connectivity index (χ0v) is 17.8. The van der Waals surface area contributed by atoms with Gasteiger partial charge in [0.1, 0.15) is 18.4 Å². The first-order chi connectivity index (χ1) is 14.0. The summed E-state index contributed by atoms with van der Waals surface area (Å²) in [4.78, 5) is 12.8. The van der Waals surface area contributed by atoms with E-state index in [1.165, 1.54) is 0 Å². The molecule has 0 aliphatic carbocycles. The molecule has 3 rings (SSSR count). The molecule has 0 radical (unpaired) electrons. The van der Waals surface area contributed by atoms with Crippen molar-refractivity contribution in [2.45, 2.75) is 52.0 Å². The first kappa shape index (κ1) is 21.9. The predicted molar refractivity (Wildman–Crippen MR) is 106 cm³/mol. The Balaban J connectivity index is 1.87. The molecule has 3 heterocycles. The highest BCUT2D eigenvalue weighted by atomic mass is 31.1. The summed E-state index contributed by atoms with van der Waals surface area (Å²) in [5.74, 6) is 0.101. The number of fused-ring (bicyclic) bond motifs is 1. The fraction of sp³-hybridized carbons (Fsp3) is 0.706. The zero-order chi connectivity index (χ0) is 21.0. The van der Waals surface area contributed by atoms with Crippen LogP contribution in [0.3, 0.4) is 0 Å². The molecule has 12 heteroatoms. The number of hydrogen-bond acceptors (Lipinski definition) is 10. The van der Waals surface area contributed by atoms with Crippen LogP contribution in [-0.4, -0.2) is 56.7 Å². The minimum atomic E-state index is -2.70. The molecule has 29 heavy (non-hydrogen) atoms. The second-order valence-electron chi connectivity index (χ2n) is 6.85. The Morgan fingerprint density at radius 3 is 2.76 bits per heavy atom. The van der Waals surface area contributed by atoms with Gasteiger partial charge in [-0.05, 0) is 12.8 Å². The summed E-state index contributed by atoms with van der Waals surface area (Å²) in [6.07, 6.45) is 1.27. The van der Waals surface area contributed by atoms with E-state index in [4.69, 9.17) is 24.3 Å². The van der Waals surface area contributed by atoms with Gasteiger partial charge in [0.15, 0.2) is 11.2 Å². The third-order valence-corrected chi connectivity index (χ3v) is 5.51. The van der Waals surface area contributed by atoms with Gasteiger partial charge in [0.05, 0.1) is 26.1 Å². The van der Waals surface area contributed by atoms with E-state index in [1.807, 2.05) is 20.8 Å². The smallest absolute Gasteiger partial charge is 0.319 e. The van der Waals surface area contributed by atoms with Gasteiger partial charge in [0.2, 0.25) is 11.8 Å². The van der Waals surface area contributed by atoms with Crippen molar-refractivity contribution in [1.82, 2.24) is 19.5 Å². The molecule has 0 amide bonds. The minimum Gasteiger partial charge on any atom is -0.476 e. The van der Waals surface area contributed by atoms with Gasteiger partial charge in [0.25, 0.3) is 0 Å². The van der Waals surface area contributed by atoms with E-state index in [1.54, 1.807) is 10.9 Å². The molecule has 1 fully saturated rings. The summed E-state index contributed by atoms with van der Waals surface area (Å²) < 4.78 is 36.2. The van der Waals surface area contributed by atoms with E-state index in [9.17, 15) is 9.67 Å². The number of anilines is 1. The van der Waals surface area contributed by atoms with Crippen LogP contribution in [0.25, 0.3) is 11.2 Å². The van der Waals surface area contributed by atoms with Crippen LogP contribution >= 0.6 is 8.25 Å². The standard InChI is InChI=1S/C17H28N5O6P/c1-4-6-25-15-12-14(20-17(18)21-15)22(9-19-12)16-10(3)13(11(8-23)27-16)28-29(24)26-7-5-2/h9-11,13,16,23,29H,4-8H2,1-3H3,(H2,18,20,21)/t10-,11+,13-,16+/m0/s1. The maximum absolute atomic E-state index is 12.1. The average molecular weight is 429 g/mol. The predicted octanol–water partition coefficient (Wildman–Crippen LogP) is 1.92. The van der Waals surface area contributed by atoms with Crippen molar-refractivity contribution < 1.29 is 28.2 Å². The highest BCUT2D eigenvalue weighted by molar-refractivity contribution is 7.33. The van der Waals surface area contributed by atoms with Crippen molar-refractivity contribution in [3.05, 3.63) is 6.33 Å². The SMILES string of the molecule is CCCOc1nc(N)nc2c1ncn2[C@@H]1O[C@H](CO)[C@@H](O[PH](=O)OCCC)[C@@H]1C. The highest BCUT2D eigenvalue weighted by Gasteiger charge is 2.45. The lowest BCUT2D eigenvalue weighted by Crippen LogP contribution is -2.29. The molecule has 11 nitrogen and oxygen atoms in total. The fourth-order valence-electron chi connectivity index (χ4n) is 3.25. The van der Waals surface area contributed by atoms with Gasteiger partial charge in [-0.15, -0.1) is 0 Å². The average Bonchev–Trinajstić information content (AvgIpc) is 3.25. The van der Waals surface area contributed by atoms with Crippen molar-refractivity contribution in [3.63, 3.8) is 0 Å². The van der Waals surface area contributed by atoms with Crippen molar-refractivity contribution in [1.29, 1.82) is 0 Å². The molecule has 0 spiro atoms. The first-order valence-electron chi connectivity index (χ1n) is 9.72. The Kier molecular flexibility index (Phi) is 7.42. The maximum Gasteiger partial charge on any atom is 0.319 e. The largest absolute Gasteiger partial charge is 0.476 e. The number of imidazole rings is 1. The molecule has 162 valence electrons. The van der Waals surface area contributed by atoms with E-state index < -0.39 is 26.7 Å². The molecule has 5 atom stereocenters. The van der Waals surface area contributed by atoms with Crippen LogP contribution in [-0.2, 0) is 18.3 Å². The van der Waals surface area contributed by atoms with Crippen molar-refractivity contribution in [2.75, 3.05) is 25.6 Å². The van der Waals surface area contributed by atoms with Crippen LogP contribution < -0.4 is 10.5 Å². The quantitative estimate of drug-likeness (QED) is 0.537. The van der Waals surface area contributed by atoms with Gasteiger partial charge in [-0.2, -0.15) is 9.97 Å². The van der Waals surface area contributed by atoms with Crippen LogP contribution in [0.4, 0.5) is 5.95 Å². The van der Waals surface area contributed by atoms with Crippen LogP contribution in [0.5, 0.6) is 5.88 Å². The number of hydrogen-bond donors (Lipinski definition) is 2. The Morgan fingerprint density at radius 1 is 1.31 bits per heavy atom. The number of nitrogen functional groups attached to an aromatic ring is 1. The van der Waals surface area contributed by atoms with E-state index >= 15 is 0 Å².